The van der Waals surface area contributed by atoms with E-state index in [1.54, 1.807) is 11.9 Å². The number of allylic oxidation sites excluding steroid dienone is 2. The Kier molecular flexibility index (Phi) is 5.21. The average Bonchev–Trinajstić information content (AvgIpc) is 2.54. The number of nitrogens with zero attached hydrogens (tertiary/aromatic N) is 1. The molecular formula is C21H27NO3. The average molecular weight is 341 g/mol. The lowest BCUT2D eigenvalue weighted by atomic mass is 9.63. The SMILES string of the molecule is CN(C(=O)/C=C/C=C/C(=O)O)c1ccc2c(c1)C(C)(C)CCC2(C)C. The molecule has 4 nitrogen and oxygen atoms in total. The Labute approximate surface area is 149 Å². The van der Waals surface area contributed by atoms with E-state index in [9.17, 15) is 9.59 Å². The van der Waals surface area contributed by atoms with Crippen molar-refractivity contribution in [2.45, 2.75) is 51.4 Å². The minimum absolute atomic E-state index is 0.0881. The monoisotopic (exact) mass is 341 g/mol. The molecule has 0 atom stereocenters. The molecule has 0 saturated heterocycles. The molecule has 1 aliphatic carbocycles. The number of anilines is 1. The number of hydrogen-bond donors (Lipinski definition) is 1. The fourth-order valence-corrected chi connectivity index (χ4v) is 3.30. The number of carbonyl (C=O) groups excluding carboxylic acids is 1. The Hall–Kier alpha value is -2.36. The predicted octanol–water partition coefficient (Wildman–Crippen LogP) is 4.20. The van der Waals surface area contributed by atoms with Crippen molar-refractivity contribution in [1.82, 2.24) is 0 Å². The molecule has 1 aliphatic rings. The van der Waals surface area contributed by atoms with E-state index in [-0.39, 0.29) is 16.7 Å². The normalized spacial score (nSPS) is 18.3. The first-order chi connectivity index (χ1) is 11.5. The maximum Gasteiger partial charge on any atom is 0.328 e. The molecule has 2 rings (SSSR count). The van der Waals surface area contributed by atoms with E-state index < -0.39 is 5.97 Å². The Balaban J connectivity index is 2.29. The summed E-state index contributed by atoms with van der Waals surface area (Å²) in [7, 11) is 1.73. The summed E-state index contributed by atoms with van der Waals surface area (Å²) in [6, 6.07) is 6.25. The first kappa shape index (κ1) is 19.0. The quantitative estimate of drug-likeness (QED) is 0.660. The van der Waals surface area contributed by atoms with Crippen molar-refractivity contribution in [2.75, 3.05) is 11.9 Å². The lowest BCUT2D eigenvalue weighted by Crippen LogP contribution is -2.34. The van der Waals surface area contributed by atoms with E-state index in [4.69, 9.17) is 5.11 Å². The van der Waals surface area contributed by atoms with Crippen LogP contribution in [0.3, 0.4) is 0 Å². The number of hydrogen-bond acceptors (Lipinski definition) is 2. The van der Waals surface area contributed by atoms with Crippen LogP contribution in [-0.4, -0.2) is 24.0 Å². The van der Waals surface area contributed by atoms with Gasteiger partial charge in [-0.25, -0.2) is 4.79 Å². The van der Waals surface area contributed by atoms with Crippen LogP contribution in [0.15, 0.2) is 42.5 Å². The zero-order valence-corrected chi connectivity index (χ0v) is 15.7. The maximum absolute atomic E-state index is 12.3. The Morgan fingerprint density at radius 2 is 1.56 bits per heavy atom. The van der Waals surface area contributed by atoms with Crippen LogP contribution in [0.2, 0.25) is 0 Å². The van der Waals surface area contributed by atoms with E-state index in [0.717, 1.165) is 24.6 Å². The summed E-state index contributed by atoms with van der Waals surface area (Å²) in [6.07, 6.45) is 7.42. The number of carbonyl (C=O) groups is 2. The predicted molar refractivity (Wildman–Crippen MR) is 101 cm³/mol. The Bertz CT molecular complexity index is 742. The molecule has 0 aromatic heterocycles. The second-order valence-corrected chi connectivity index (χ2v) is 7.95. The highest BCUT2D eigenvalue weighted by Crippen LogP contribution is 2.46. The first-order valence-corrected chi connectivity index (χ1v) is 8.55. The third kappa shape index (κ3) is 4.19. The Morgan fingerprint density at radius 1 is 1.00 bits per heavy atom. The highest BCUT2D eigenvalue weighted by atomic mass is 16.4. The zero-order valence-electron chi connectivity index (χ0n) is 15.7. The van der Waals surface area contributed by atoms with Gasteiger partial charge in [0.2, 0.25) is 0 Å². The van der Waals surface area contributed by atoms with Gasteiger partial charge in [-0.1, -0.05) is 45.9 Å². The number of carboxylic acids is 1. The first-order valence-electron chi connectivity index (χ1n) is 8.55. The van der Waals surface area contributed by atoms with Gasteiger partial charge in [0.1, 0.15) is 0 Å². The summed E-state index contributed by atoms with van der Waals surface area (Å²) in [4.78, 5) is 24.3. The number of benzene rings is 1. The molecule has 1 aromatic carbocycles. The summed E-state index contributed by atoms with van der Waals surface area (Å²) >= 11 is 0. The van der Waals surface area contributed by atoms with E-state index in [1.807, 2.05) is 6.07 Å². The van der Waals surface area contributed by atoms with Crippen molar-refractivity contribution in [3.63, 3.8) is 0 Å². The minimum Gasteiger partial charge on any atom is -0.478 e. The zero-order chi connectivity index (χ0) is 18.8. The van der Waals surface area contributed by atoms with Crippen LogP contribution < -0.4 is 4.90 Å². The van der Waals surface area contributed by atoms with Crippen LogP contribution >= 0.6 is 0 Å². The second-order valence-electron chi connectivity index (χ2n) is 7.95. The fourth-order valence-electron chi connectivity index (χ4n) is 3.30. The van der Waals surface area contributed by atoms with Gasteiger partial charge in [-0.05, 0) is 46.9 Å². The van der Waals surface area contributed by atoms with Gasteiger partial charge in [-0.2, -0.15) is 0 Å². The van der Waals surface area contributed by atoms with Crippen LogP contribution in [0.1, 0.15) is 51.7 Å². The van der Waals surface area contributed by atoms with Crippen molar-refractivity contribution in [2.24, 2.45) is 0 Å². The molecule has 1 amide bonds. The van der Waals surface area contributed by atoms with Gasteiger partial charge < -0.3 is 10.0 Å². The third-order valence-corrected chi connectivity index (χ3v) is 5.14. The van der Waals surface area contributed by atoms with Gasteiger partial charge in [0.15, 0.2) is 0 Å². The number of carboxylic acid groups (broad SMARTS) is 1. The summed E-state index contributed by atoms with van der Waals surface area (Å²) < 4.78 is 0. The molecule has 134 valence electrons. The van der Waals surface area contributed by atoms with Crippen LogP contribution in [0, 0.1) is 0 Å². The molecule has 25 heavy (non-hydrogen) atoms. The highest BCUT2D eigenvalue weighted by Gasteiger charge is 2.37. The van der Waals surface area contributed by atoms with Gasteiger partial charge in [-0.15, -0.1) is 0 Å². The molecule has 0 spiro atoms. The van der Waals surface area contributed by atoms with Crippen molar-refractivity contribution in [3.05, 3.63) is 53.6 Å². The number of amides is 1. The standard InChI is InChI=1S/C21H27NO3/c1-20(2)12-13-21(3,4)17-14-15(10-11-16(17)20)22(5)18(23)8-6-7-9-19(24)25/h6-11,14H,12-13H2,1-5H3,(H,24,25)/b8-6+,9-7+. The van der Waals surface area contributed by atoms with Crippen LogP contribution in [0.25, 0.3) is 0 Å². The van der Waals surface area contributed by atoms with Crippen molar-refractivity contribution >= 4 is 17.6 Å². The maximum atomic E-state index is 12.3. The van der Waals surface area contributed by atoms with Gasteiger partial charge in [-0.3, -0.25) is 4.79 Å². The van der Waals surface area contributed by atoms with Crippen LogP contribution in [0.4, 0.5) is 5.69 Å². The second kappa shape index (κ2) is 6.87. The fraction of sp³-hybridized carbons (Fsp3) is 0.429. The van der Waals surface area contributed by atoms with Crippen LogP contribution in [-0.2, 0) is 20.4 Å². The molecule has 0 fully saturated rings. The van der Waals surface area contributed by atoms with Crippen LogP contribution in [0.5, 0.6) is 0 Å². The molecule has 0 saturated carbocycles. The van der Waals surface area contributed by atoms with Gasteiger partial charge >= 0.3 is 5.97 Å². The molecule has 0 heterocycles. The Morgan fingerprint density at radius 3 is 2.16 bits per heavy atom. The lowest BCUT2D eigenvalue weighted by molar-refractivity contribution is -0.131. The number of likely N-dealkylation sites (N-methyl/N-ethyl adjacent to an activating group) is 1. The molecule has 1 N–H and O–H groups in total. The number of rotatable bonds is 4. The molecule has 0 aliphatic heterocycles. The summed E-state index contributed by atoms with van der Waals surface area (Å²) in [5.41, 5.74) is 3.74. The summed E-state index contributed by atoms with van der Waals surface area (Å²) in [6.45, 7) is 9.05. The number of fused-ring (bicyclic) bond motifs is 1. The smallest absolute Gasteiger partial charge is 0.328 e. The van der Waals surface area contributed by atoms with Crippen molar-refractivity contribution in [3.8, 4) is 0 Å². The van der Waals surface area contributed by atoms with E-state index in [0.29, 0.717) is 0 Å². The van der Waals surface area contributed by atoms with E-state index in [1.165, 1.54) is 29.4 Å². The van der Waals surface area contributed by atoms with Gasteiger partial charge in [0.25, 0.3) is 5.91 Å². The molecule has 0 unspecified atom stereocenters. The van der Waals surface area contributed by atoms with Gasteiger partial charge in [0, 0.05) is 24.9 Å². The molecule has 0 radical (unpaired) electrons. The summed E-state index contributed by atoms with van der Waals surface area (Å²) in [5.74, 6) is -1.23. The largest absolute Gasteiger partial charge is 0.478 e. The highest BCUT2D eigenvalue weighted by molar-refractivity contribution is 6.01. The molecule has 4 heteroatoms. The van der Waals surface area contributed by atoms with Crippen molar-refractivity contribution < 1.29 is 14.7 Å². The minimum atomic E-state index is -1.04. The lowest BCUT2D eigenvalue weighted by Gasteiger charge is -2.42. The molecule has 0 bridgehead atoms. The molecule has 1 aromatic rings. The van der Waals surface area contributed by atoms with Crippen molar-refractivity contribution in [1.29, 1.82) is 0 Å². The summed E-state index contributed by atoms with van der Waals surface area (Å²) in [5, 5.41) is 8.55. The van der Waals surface area contributed by atoms with E-state index in [2.05, 4.69) is 39.8 Å². The molecular weight excluding hydrogens is 314 g/mol. The van der Waals surface area contributed by atoms with E-state index >= 15 is 0 Å². The topological polar surface area (TPSA) is 57.6 Å². The third-order valence-electron chi connectivity index (χ3n) is 5.14. The van der Waals surface area contributed by atoms with Gasteiger partial charge in [0.05, 0.1) is 0 Å². The number of aliphatic carboxylic acids is 1.